The van der Waals surface area contributed by atoms with E-state index in [2.05, 4.69) is 33.1 Å². The van der Waals surface area contributed by atoms with Gasteiger partial charge in [-0.2, -0.15) is 0 Å². The van der Waals surface area contributed by atoms with Crippen molar-refractivity contribution in [2.45, 2.75) is 13.8 Å². The lowest BCUT2D eigenvalue weighted by molar-refractivity contribution is -0.124. The molecule has 13 heavy (non-hydrogen) atoms. The third-order valence-corrected chi connectivity index (χ3v) is 1.88. The van der Waals surface area contributed by atoms with E-state index in [1.165, 1.54) is 0 Å². The zero-order valence-electron chi connectivity index (χ0n) is 8.19. The van der Waals surface area contributed by atoms with Crippen molar-refractivity contribution >= 4 is 21.8 Å². The normalized spacial score (nSPS) is 12.2. The predicted molar refractivity (Wildman–Crippen MR) is 58.8 cm³/mol. The molecule has 0 aromatic carbocycles. The van der Waals surface area contributed by atoms with Crippen LogP contribution in [0.3, 0.4) is 0 Å². The van der Waals surface area contributed by atoms with Gasteiger partial charge in [0.15, 0.2) is 0 Å². The fourth-order valence-electron chi connectivity index (χ4n) is 0.811. The van der Waals surface area contributed by atoms with E-state index in [1.54, 1.807) is 0 Å². The van der Waals surface area contributed by atoms with Crippen LogP contribution in [0.25, 0.3) is 0 Å². The Hall–Kier alpha value is -0.350. The van der Waals surface area contributed by atoms with Gasteiger partial charge in [0.1, 0.15) is 0 Å². The predicted octanol–water partition coefficient (Wildman–Crippen LogP) is 1.26. The van der Waals surface area contributed by atoms with E-state index in [0.29, 0.717) is 6.54 Å². The third-order valence-electron chi connectivity index (χ3n) is 1.60. The molecular weight excluding hydrogens is 232 g/mol. The second kappa shape index (κ2) is 7.09. The molecule has 0 aliphatic carbocycles. The van der Waals surface area contributed by atoms with Crippen LogP contribution in [0.5, 0.6) is 0 Å². The summed E-state index contributed by atoms with van der Waals surface area (Å²) in [4.78, 5) is 11.3. The minimum atomic E-state index is 0.00630. The van der Waals surface area contributed by atoms with E-state index in [4.69, 9.17) is 0 Å². The third kappa shape index (κ3) is 6.78. The van der Waals surface area contributed by atoms with Crippen LogP contribution in [-0.2, 0) is 4.79 Å². The summed E-state index contributed by atoms with van der Waals surface area (Å²) in [7, 11) is 0. The summed E-state index contributed by atoms with van der Waals surface area (Å²) in [6.45, 7) is 9.66. The van der Waals surface area contributed by atoms with Crippen LogP contribution < -0.4 is 10.6 Å². The molecule has 0 radical (unpaired) electrons. The molecule has 2 N–H and O–H groups in total. The summed E-state index contributed by atoms with van der Waals surface area (Å²) >= 11 is 3.18. The molecule has 1 unspecified atom stereocenters. The van der Waals surface area contributed by atoms with Crippen molar-refractivity contribution in [1.29, 1.82) is 0 Å². The molecule has 0 fully saturated rings. The molecule has 0 spiro atoms. The Bertz CT molecular complexity index is 182. The minimum Gasteiger partial charge on any atom is -0.351 e. The van der Waals surface area contributed by atoms with E-state index in [1.807, 2.05) is 13.8 Å². The van der Waals surface area contributed by atoms with Crippen LogP contribution in [-0.4, -0.2) is 25.5 Å². The van der Waals surface area contributed by atoms with Crippen LogP contribution in [0.1, 0.15) is 13.8 Å². The Kier molecular flexibility index (Phi) is 6.90. The number of hydrogen-bond donors (Lipinski definition) is 2. The van der Waals surface area contributed by atoms with Crippen molar-refractivity contribution in [3.63, 3.8) is 0 Å². The number of rotatable bonds is 6. The van der Waals surface area contributed by atoms with Gasteiger partial charge < -0.3 is 10.6 Å². The zero-order valence-corrected chi connectivity index (χ0v) is 9.78. The highest BCUT2D eigenvalue weighted by Gasteiger charge is 2.10. The maximum absolute atomic E-state index is 11.3. The summed E-state index contributed by atoms with van der Waals surface area (Å²) in [6.07, 6.45) is 0. The average molecular weight is 249 g/mol. The Labute approximate surface area is 88.1 Å². The van der Waals surface area contributed by atoms with Crippen LogP contribution in [0, 0.1) is 5.92 Å². The number of hydrogen-bond acceptors (Lipinski definition) is 2. The quantitative estimate of drug-likeness (QED) is 0.744. The van der Waals surface area contributed by atoms with Gasteiger partial charge in [-0.1, -0.05) is 36.4 Å². The molecule has 0 saturated carbocycles. The van der Waals surface area contributed by atoms with Crippen LogP contribution in [0.4, 0.5) is 0 Å². The molecule has 0 bridgehead atoms. The molecule has 0 saturated heterocycles. The van der Waals surface area contributed by atoms with Gasteiger partial charge in [-0.25, -0.2) is 0 Å². The summed E-state index contributed by atoms with van der Waals surface area (Å²) in [6, 6.07) is 0. The highest BCUT2D eigenvalue weighted by atomic mass is 79.9. The second-order valence-electron chi connectivity index (χ2n) is 2.94. The van der Waals surface area contributed by atoms with Gasteiger partial charge >= 0.3 is 0 Å². The number of nitrogens with one attached hydrogen (secondary N) is 2. The fourth-order valence-corrected chi connectivity index (χ4v) is 0.951. The molecule has 0 aliphatic heterocycles. The molecule has 76 valence electrons. The second-order valence-corrected chi connectivity index (χ2v) is 4.07. The fraction of sp³-hybridized carbons (Fsp3) is 0.667. The summed E-state index contributed by atoms with van der Waals surface area (Å²) < 4.78 is 0.788. The Morgan fingerprint density at radius 3 is 2.69 bits per heavy atom. The number of halogens is 1. The van der Waals surface area contributed by atoms with E-state index in [-0.39, 0.29) is 11.8 Å². The molecule has 4 heteroatoms. The van der Waals surface area contributed by atoms with Crippen molar-refractivity contribution in [2.24, 2.45) is 5.92 Å². The van der Waals surface area contributed by atoms with E-state index >= 15 is 0 Å². The lowest BCUT2D eigenvalue weighted by atomic mass is 10.1. The molecule has 1 atom stereocenters. The summed E-state index contributed by atoms with van der Waals surface area (Å²) in [5.74, 6) is 0.0633. The number of carbonyl (C=O) groups is 1. The van der Waals surface area contributed by atoms with Crippen molar-refractivity contribution < 1.29 is 4.79 Å². The molecule has 0 aromatic heterocycles. The Morgan fingerprint density at radius 1 is 1.62 bits per heavy atom. The molecule has 1 amide bonds. The molecule has 0 aromatic rings. The van der Waals surface area contributed by atoms with E-state index < -0.39 is 0 Å². The van der Waals surface area contributed by atoms with Crippen molar-refractivity contribution in [3.8, 4) is 0 Å². The van der Waals surface area contributed by atoms with Crippen molar-refractivity contribution in [1.82, 2.24) is 10.6 Å². The van der Waals surface area contributed by atoms with Gasteiger partial charge in [0, 0.05) is 23.5 Å². The first kappa shape index (κ1) is 12.7. The van der Waals surface area contributed by atoms with Crippen molar-refractivity contribution in [2.75, 3.05) is 19.6 Å². The van der Waals surface area contributed by atoms with Crippen LogP contribution >= 0.6 is 15.9 Å². The van der Waals surface area contributed by atoms with Gasteiger partial charge in [-0.15, -0.1) is 0 Å². The topological polar surface area (TPSA) is 41.1 Å². The van der Waals surface area contributed by atoms with Crippen molar-refractivity contribution in [3.05, 3.63) is 11.1 Å². The number of carbonyl (C=O) groups excluding carboxylic acids is 1. The first-order valence-electron chi connectivity index (χ1n) is 4.39. The zero-order chi connectivity index (χ0) is 10.3. The first-order valence-corrected chi connectivity index (χ1v) is 5.19. The smallest absolute Gasteiger partial charge is 0.224 e. The SMILES string of the molecule is C=C(Br)CNC(=O)C(C)CNCC. The standard InChI is InChI=1S/C9H17BrN2O/c1-4-11-5-7(2)9(13)12-6-8(3)10/h7,11H,3-6H2,1-2H3,(H,12,13). The lowest BCUT2D eigenvalue weighted by Gasteiger charge is -2.11. The Morgan fingerprint density at radius 2 is 2.23 bits per heavy atom. The maximum Gasteiger partial charge on any atom is 0.224 e. The summed E-state index contributed by atoms with van der Waals surface area (Å²) in [5.41, 5.74) is 0. The van der Waals surface area contributed by atoms with Gasteiger partial charge in [0.2, 0.25) is 5.91 Å². The molecule has 0 rings (SSSR count). The van der Waals surface area contributed by atoms with Gasteiger partial charge in [0.05, 0.1) is 0 Å². The maximum atomic E-state index is 11.3. The Balaban J connectivity index is 3.63. The molecule has 3 nitrogen and oxygen atoms in total. The van der Waals surface area contributed by atoms with Crippen LogP contribution in [0.2, 0.25) is 0 Å². The van der Waals surface area contributed by atoms with Gasteiger partial charge in [-0.3, -0.25) is 4.79 Å². The highest BCUT2D eigenvalue weighted by molar-refractivity contribution is 9.11. The first-order chi connectivity index (χ1) is 6.07. The lowest BCUT2D eigenvalue weighted by Crippen LogP contribution is -2.35. The molecule has 0 heterocycles. The minimum absolute atomic E-state index is 0.00630. The monoisotopic (exact) mass is 248 g/mol. The molecular formula is C9H17BrN2O. The average Bonchev–Trinajstić information content (AvgIpc) is 2.10. The van der Waals surface area contributed by atoms with Crippen LogP contribution in [0.15, 0.2) is 11.1 Å². The largest absolute Gasteiger partial charge is 0.351 e. The van der Waals surface area contributed by atoms with E-state index in [9.17, 15) is 4.79 Å². The van der Waals surface area contributed by atoms with Gasteiger partial charge in [0.25, 0.3) is 0 Å². The summed E-state index contributed by atoms with van der Waals surface area (Å²) in [5, 5.41) is 5.89. The van der Waals surface area contributed by atoms with Gasteiger partial charge in [-0.05, 0) is 6.54 Å². The van der Waals surface area contributed by atoms with E-state index in [0.717, 1.165) is 17.6 Å². The number of amides is 1. The highest BCUT2D eigenvalue weighted by Crippen LogP contribution is 1.98. The molecule has 0 aliphatic rings.